The first-order valence-corrected chi connectivity index (χ1v) is 23.1. The van der Waals surface area contributed by atoms with Crippen LogP contribution in [0.25, 0.3) is 0 Å². The van der Waals surface area contributed by atoms with E-state index in [4.69, 9.17) is 35.6 Å². The molecule has 3 fully saturated rings. The topological polar surface area (TPSA) is 182 Å². The number of carboxylic acids is 1. The highest BCUT2D eigenvalue weighted by Crippen LogP contribution is 2.49. The minimum absolute atomic E-state index is 0.0307. The van der Waals surface area contributed by atoms with Crippen LogP contribution in [0.1, 0.15) is 140 Å². The lowest BCUT2D eigenvalue weighted by Crippen LogP contribution is -2.59. The second-order valence-corrected chi connectivity index (χ2v) is 19.1. The van der Waals surface area contributed by atoms with E-state index in [-0.39, 0.29) is 29.6 Å². The maximum atomic E-state index is 14.7. The third-order valence-electron chi connectivity index (χ3n) is 14.5. The number of hydrogen-bond acceptors (Lipinski definition) is 10. The highest BCUT2D eigenvalue weighted by Gasteiger charge is 2.59. The fourth-order valence-electron chi connectivity index (χ4n) is 10.3. The van der Waals surface area contributed by atoms with E-state index >= 15 is 0 Å². The number of aliphatic hydroxyl groups is 2. The molecule has 4 rings (SSSR count). The van der Waals surface area contributed by atoms with Crippen LogP contribution < -0.4 is 10.6 Å². The molecule has 0 unspecified atom stereocenters. The summed E-state index contributed by atoms with van der Waals surface area (Å²) in [5.41, 5.74) is -1.79. The van der Waals surface area contributed by atoms with Gasteiger partial charge in [-0.1, -0.05) is 67.5 Å². The number of nitrogens with one attached hydrogen (secondary N) is 2. The molecule has 0 aromatic heterocycles. The summed E-state index contributed by atoms with van der Waals surface area (Å²) >= 11 is 5.89. The highest BCUT2D eigenvalue weighted by atomic mass is 35.5. The summed E-state index contributed by atoms with van der Waals surface area (Å²) in [4.78, 5) is 53.1. The summed E-state index contributed by atoms with van der Waals surface area (Å²) in [6, 6.07) is -1.21. The lowest BCUT2D eigenvalue weighted by atomic mass is 9.74. The summed E-state index contributed by atoms with van der Waals surface area (Å²) in [6.07, 6.45) is 6.61. The number of amides is 2. The second kappa shape index (κ2) is 21.5. The van der Waals surface area contributed by atoms with Gasteiger partial charge in [-0.3, -0.25) is 9.59 Å². The normalized spacial score (nSPS) is 40.0. The van der Waals surface area contributed by atoms with Crippen LogP contribution in [0.15, 0.2) is 12.2 Å². The SMILES string of the molecule is CC[C@@H](C(=O)[C@@H](C)[C@@H](O)[C@H](C)[C@@H]1O[C@@H]([C@@H](CC)C(=O)O)CC[C@@H]1C)[C@H]1OO[C@@]2(CC[C@@](C)([C@H]3CC[C@](O)(CC)[C@H](C)O3)O2)[C@H](NC(=O)NCCCCl)/C=C\[C@H](C)C[C@@H]1C. The predicted molar refractivity (Wildman–Crippen MR) is 226 cm³/mol. The van der Waals surface area contributed by atoms with Crippen molar-refractivity contribution in [3.63, 3.8) is 0 Å². The van der Waals surface area contributed by atoms with Gasteiger partial charge in [0.25, 0.3) is 0 Å². The molecular formula is C45H77ClN2O11. The van der Waals surface area contributed by atoms with E-state index in [1.165, 1.54) is 0 Å². The quantitative estimate of drug-likeness (QED) is 0.0454. The van der Waals surface area contributed by atoms with Gasteiger partial charge in [0.05, 0.1) is 47.6 Å². The van der Waals surface area contributed by atoms with Crippen molar-refractivity contribution in [1.29, 1.82) is 0 Å². The van der Waals surface area contributed by atoms with Gasteiger partial charge >= 0.3 is 12.0 Å². The van der Waals surface area contributed by atoms with Gasteiger partial charge in [0.2, 0.25) is 5.79 Å². The maximum absolute atomic E-state index is 14.7. The standard InChI is InChI=1S/C45H77ClN2O11/c1-11-32(41(51)52)34-17-16-27(5)39(56-34)30(8)37(49)29(7)38(50)33(12-2)40-28(6)25-26(4)15-18-35(48-42(53)47-24-14-23-46)45(59-57-40)22-21-43(10,58-45)36-19-20-44(54,13-3)31(9)55-36/h15,18,26-37,39-40,49,54H,11-14,16-17,19-25H2,1-10H3,(H,51,52)(H2,47,48,53)/b18-15-/t26-,27-,28-,29-,30-,31-,32+,33-,34+,35+,36+,37+,39+,40-,43-,44+,45-/m0/s1. The fourth-order valence-corrected chi connectivity index (χ4v) is 10.4. The van der Waals surface area contributed by atoms with E-state index in [1.807, 2.05) is 54.5 Å². The minimum Gasteiger partial charge on any atom is -0.481 e. The fraction of sp³-hybridized carbons (Fsp3) is 0.889. The molecule has 2 amide bonds. The van der Waals surface area contributed by atoms with Gasteiger partial charge in [-0.25, -0.2) is 9.68 Å². The van der Waals surface area contributed by atoms with Crippen LogP contribution in [0.2, 0.25) is 0 Å². The molecule has 4 aliphatic heterocycles. The number of rotatable bonds is 16. The molecule has 13 nitrogen and oxygen atoms in total. The number of Topliss-reactive ketones (excluding diaryl/α,β-unsaturated/α-hetero) is 1. The van der Waals surface area contributed by atoms with Crippen molar-refractivity contribution < 1.29 is 53.7 Å². The first-order valence-electron chi connectivity index (χ1n) is 22.6. The van der Waals surface area contributed by atoms with Gasteiger partial charge < -0.3 is 40.2 Å². The Morgan fingerprint density at radius 2 is 1.61 bits per heavy atom. The maximum Gasteiger partial charge on any atom is 0.315 e. The number of ketones is 1. The average Bonchev–Trinajstić information content (AvgIpc) is 3.56. The van der Waals surface area contributed by atoms with Crippen molar-refractivity contribution in [3.05, 3.63) is 12.2 Å². The van der Waals surface area contributed by atoms with Crippen LogP contribution >= 0.6 is 11.6 Å². The average molecular weight is 858 g/mol. The summed E-state index contributed by atoms with van der Waals surface area (Å²) in [5, 5.41) is 38.8. The van der Waals surface area contributed by atoms with E-state index in [2.05, 4.69) is 30.6 Å². The third-order valence-corrected chi connectivity index (χ3v) is 14.7. The van der Waals surface area contributed by atoms with E-state index in [9.17, 15) is 29.7 Å². The molecule has 5 N–H and O–H groups in total. The largest absolute Gasteiger partial charge is 0.481 e. The van der Waals surface area contributed by atoms with Crippen molar-refractivity contribution in [2.45, 2.75) is 200 Å². The molecule has 4 aliphatic rings. The number of carboxylic acid groups (broad SMARTS) is 1. The van der Waals surface area contributed by atoms with E-state index in [0.29, 0.717) is 76.6 Å². The van der Waals surface area contributed by atoms with Gasteiger partial charge in [-0.05, 0) is 95.8 Å². The summed E-state index contributed by atoms with van der Waals surface area (Å²) in [6.45, 7) is 19.8. The number of aliphatic carboxylic acids is 1. The first kappa shape index (κ1) is 49.8. The van der Waals surface area contributed by atoms with Crippen LogP contribution in [-0.2, 0) is 33.6 Å². The van der Waals surface area contributed by atoms with E-state index < -0.39 is 89.2 Å². The van der Waals surface area contributed by atoms with Gasteiger partial charge in [0.15, 0.2) is 0 Å². The molecule has 59 heavy (non-hydrogen) atoms. The molecule has 0 aliphatic carbocycles. The number of ether oxygens (including phenoxy) is 3. The lowest BCUT2D eigenvalue weighted by molar-refractivity contribution is -0.460. The Hall–Kier alpha value is -1.84. The van der Waals surface area contributed by atoms with E-state index in [0.717, 1.165) is 6.42 Å². The van der Waals surface area contributed by atoms with Crippen LogP contribution in [0.3, 0.4) is 0 Å². The van der Waals surface area contributed by atoms with Crippen LogP contribution in [-0.4, -0.2) is 105 Å². The third kappa shape index (κ3) is 11.6. The number of halogens is 1. The number of carbonyl (C=O) groups is 3. The van der Waals surface area contributed by atoms with E-state index in [1.54, 1.807) is 6.92 Å². The Bertz CT molecular complexity index is 1420. The zero-order chi connectivity index (χ0) is 43.9. The van der Waals surface area contributed by atoms with Crippen molar-refractivity contribution in [2.75, 3.05) is 12.4 Å². The number of aliphatic hydroxyl groups excluding tert-OH is 1. The Labute approximate surface area is 358 Å². The molecule has 14 heteroatoms. The van der Waals surface area contributed by atoms with Crippen LogP contribution in [0, 0.1) is 41.4 Å². The van der Waals surface area contributed by atoms with Gasteiger partial charge in [0, 0.05) is 36.6 Å². The summed E-state index contributed by atoms with van der Waals surface area (Å²) < 4.78 is 20.0. The summed E-state index contributed by atoms with van der Waals surface area (Å²) in [7, 11) is 0. The van der Waals surface area contributed by atoms with Crippen LogP contribution in [0.5, 0.6) is 0 Å². The first-order chi connectivity index (χ1) is 27.8. The molecule has 0 aromatic rings. The molecule has 1 spiro atoms. The molecule has 0 aromatic carbocycles. The van der Waals surface area contributed by atoms with Gasteiger partial charge in [0.1, 0.15) is 17.9 Å². The number of alkyl halides is 1. The zero-order valence-electron chi connectivity index (χ0n) is 37.4. The van der Waals surface area contributed by atoms with Gasteiger partial charge in [-0.2, -0.15) is 4.89 Å². The smallest absolute Gasteiger partial charge is 0.315 e. The van der Waals surface area contributed by atoms with Crippen molar-refractivity contribution in [1.82, 2.24) is 10.6 Å². The van der Waals surface area contributed by atoms with Crippen LogP contribution in [0.4, 0.5) is 4.79 Å². The Morgan fingerprint density at radius 3 is 2.22 bits per heavy atom. The number of carbonyl (C=O) groups excluding carboxylic acids is 2. The minimum atomic E-state index is -1.51. The predicted octanol–water partition coefficient (Wildman–Crippen LogP) is 7.33. The van der Waals surface area contributed by atoms with Gasteiger partial charge in [-0.15, -0.1) is 11.6 Å². The van der Waals surface area contributed by atoms with Crippen molar-refractivity contribution in [3.8, 4) is 0 Å². The molecular weight excluding hydrogens is 780 g/mol. The molecule has 340 valence electrons. The lowest BCUT2D eigenvalue weighted by Gasteiger charge is -2.47. The number of allylic oxidation sites excluding steroid dienone is 1. The second-order valence-electron chi connectivity index (χ2n) is 18.7. The molecule has 17 atom stereocenters. The number of urea groups is 1. The Kier molecular flexibility index (Phi) is 18.1. The van der Waals surface area contributed by atoms with Crippen molar-refractivity contribution >= 4 is 29.4 Å². The molecule has 0 saturated carbocycles. The molecule has 0 bridgehead atoms. The molecule has 3 saturated heterocycles. The molecule has 4 heterocycles. The monoisotopic (exact) mass is 857 g/mol. The summed E-state index contributed by atoms with van der Waals surface area (Å²) in [5.74, 6) is -4.70. The molecule has 0 radical (unpaired) electrons. The zero-order valence-corrected chi connectivity index (χ0v) is 38.2. The Morgan fingerprint density at radius 1 is 0.915 bits per heavy atom. The van der Waals surface area contributed by atoms with Crippen molar-refractivity contribution in [2.24, 2.45) is 41.4 Å². The highest BCUT2D eigenvalue weighted by molar-refractivity contribution is 6.17. The number of hydrogen-bond donors (Lipinski definition) is 5. The Balaban J connectivity index is 1.62.